The Hall–Kier alpha value is -1.59. The predicted molar refractivity (Wildman–Crippen MR) is 89.5 cm³/mol. The minimum atomic E-state index is -0.607. The zero-order valence-corrected chi connectivity index (χ0v) is 14.1. The zero-order valence-electron chi connectivity index (χ0n) is 13.4. The summed E-state index contributed by atoms with van der Waals surface area (Å²) in [6.07, 6.45) is 0.874. The van der Waals surface area contributed by atoms with Crippen LogP contribution >= 0.6 is 11.6 Å². The largest absolute Gasteiger partial charge is 0.437 e. The summed E-state index contributed by atoms with van der Waals surface area (Å²) in [6, 6.07) is 6.79. The number of carbonyl (C=O) groups excluding carboxylic acids is 1. The molecule has 6 heteroatoms. The Morgan fingerprint density at radius 3 is 2.27 bits per heavy atom. The molecule has 1 fully saturated rings. The van der Waals surface area contributed by atoms with Gasteiger partial charge in [0.25, 0.3) is 0 Å². The highest BCUT2D eigenvalue weighted by Crippen LogP contribution is 2.26. The molecule has 2 rings (SSSR count). The molecule has 1 amide bonds. The van der Waals surface area contributed by atoms with E-state index in [4.69, 9.17) is 16.4 Å². The third-order valence-corrected chi connectivity index (χ3v) is 3.57. The van der Waals surface area contributed by atoms with Gasteiger partial charge in [0.2, 0.25) is 0 Å². The fraction of sp³-hybridized carbons (Fsp3) is 0.500. The number of nitrogens with zero attached hydrogens (tertiary/aromatic N) is 1. The van der Waals surface area contributed by atoms with Crippen LogP contribution in [-0.4, -0.2) is 22.9 Å². The summed E-state index contributed by atoms with van der Waals surface area (Å²) in [5, 5.41) is 10.8. The molecule has 1 saturated heterocycles. The molecular weight excluding hydrogens is 302 g/mol. The summed E-state index contributed by atoms with van der Waals surface area (Å²) >= 11 is 5.79. The molecule has 0 atom stereocenters. The van der Waals surface area contributed by atoms with E-state index in [-0.39, 0.29) is 11.1 Å². The number of hydrogen-bond donors (Lipinski definition) is 2. The van der Waals surface area contributed by atoms with E-state index < -0.39 is 6.09 Å². The van der Waals surface area contributed by atoms with Crippen molar-refractivity contribution in [1.82, 2.24) is 5.32 Å². The van der Waals surface area contributed by atoms with E-state index in [0.29, 0.717) is 10.7 Å². The molecule has 22 heavy (non-hydrogen) atoms. The number of amides is 1. The van der Waals surface area contributed by atoms with Gasteiger partial charge in [0.05, 0.1) is 5.71 Å². The van der Waals surface area contributed by atoms with Crippen molar-refractivity contribution in [3.63, 3.8) is 0 Å². The standard InChI is InChI=1S/C16H22ClN3O2/c1-15(2)9-13(10-16(3,4)20-15)19-22-14(21)18-12-7-5-11(17)6-8-12/h5-8,20H,9-10H2,1-4H3,(H,18,21). The van der Waals surface area contributed by atoms with E-state index in [9.17, 15) is 4.79 Å². The van der Waals surface area contributed by atoms with E-state index >= 15 is 0 Å². The molecule has 120 valence electrons. The zero-order chi connectivity index (χ0) is 16.4. The molecule has 0 bridgehead atoms. The lowest BCUT2D eigenvalue weighted by molar-refractivity contribution is 0.162. The minimum Gasteiger partial charge on any atom is -0.306 e. The number of hydrogen-bond acceptors (Lipinski definition) is 4. The average Bonchev–Trinajstić information content (AvgIpc) is 2.36. The van der Waals surface area contributed by atoms with Gasteiger partial charge in [0.1, 0.15) is 0 Å². The Bertz CT molecular complexity index is 562. The van der Waals surface area contributed by atoms with Crippen LogP contribution in [0, 0.1) is 0 Å². The lowest BCUT2D eigenvalue weighted by Gasteiger charge is -2.42. The van der Waals surface area contributed by atoms with Gasteiger partial charge in [0.15, 0.2) is 0 Å². The van der Waals surface area contributed by atoms with Gasteiger partial charge >= 0.3 is 6.09 Å². The van der Waals surface area contributed by atoms with Crippen molar-refractivity contribution < 1.29 is 9.63 Å². The Balaban J connectivity index is 1.95. The highest BCUT2D eigenvalue weighted by molar-refractivity contribution is 6.30. The highest BCUT2D eigenvalue weighted by atomic mass is 35.5. The Labute approximate surface area is 136 Å². The number of oxime groups is 1. The third-order valence-electron chi connectivity index (χ3n) is 3.32. The number of anilines is 1. The summed E-state index contributed by atoms with van der Waals surface area (Å²) in [5.41, 5.74) is 1.34. The molecular formula is C16H22ClN3O2. The summed E-state index contributed by atoms with van der Waals surface area (Å²) in [4.78, 5) is 16.8. The van der Waals surface area contributed by atoms with Crippen LogP contribution < -0.4 is 10.6 Å². The minimum absolute atomic E-state index is 0.0728. The Kier molecular flexibility index (Phi) is 4.78. The first-order chi connectivity index (χ1) is 10.2. The maximum Gasteiger partial charge on any atom is 0.437 e. The van der Waals surface area contributed by atoms with E-state index in [1.807, 2.05) is 0 Å². The fourth-order valence-electron chi connectivity index (χ4n) is 2.93. The molecule has 0 spiro atoms. The first-order valence-electron chi connectivity index (χ1n) is 7.24. The normalized spacial score (nSPS) is 19.4. The molecule has 0 saturated carbocycles. The number of rotatable bonds is 2. The molecule has 1 heterocycles. The van der Waals surface area contributed by atoms with Crippen molar-refractivity contribution in [1.29, 1.82) is 0 Å². The monoisotopic (exact) mass is 323 g/mol. The van der Waals surface area contributed by atoms with Gasteiger partial charge in [0, 0.05) is 34.6 Å². The van der Waals surface area contributed by atoms with Crippen molar-refractivity contribution in [3.05, 3.63) is 29.3 Å². The topological polar surface area (TPSA) is 62.7 Å². The highest BCUT2D eigenvalue weighted by Gasteiger charge is 2.36. The number of halogens is 1. The fourth-order valence-corrected chi connectivity index (χ4v) is 3.06. The van der Waals surface area contributed by atoms with E-state index in [2.05, 4.69) is 43.5 Å². The first-order valence-corrected chi connectivity index (χ1v) is 7.62. The van der Waals surface area contributed by atoms with Crippen LogP contribution in [-0.2, 0) is 4.84 Å². The van der Waals surface area contributed by atoms with E-state index in [1.165, 1.54) is 0 Å². The molecule has 1 aliphatic rings. The Morgan fingerprint density at radius 2 is 1.73 bits per heavy atom. The predicted octanol–water partition coefficient (Wildman–Crippen LogP) is 4.19. The van der Waals surface area contributed by atoms with Crippen LogP contribution in [0.1, 0.15) is 40.5 Å². The van der Waals surface area contributed by atoms with Gasteiger partial charge in [-0.1, -0.05) is 16.8 Å². The summed E-state index contributed by atoms with van der Waals surface area (Å²) in [5.74, 6) is 0. The lowest BCUT2D eigenvalue weighted by atomic mass is 9.81. The van der Waals surface area contributed by atoms with E-state index in [0.717, 1.165) is 18.6 Å². The van der Waals surface area contributed by atoms with Gasteiger partial charge in [-0.15, -0.1) is 0 Å². The van der Waals surface area contributed by atoms with E-state index in [1.54, 1.807) is 24.3 Å². The SMILES string of the molecule is CC1(C)CC(=NOC(=O)Nc2ccc(Cl)cc2)CC(C)(C)N1. The van der Waals surface area contributed by atoms with Gasteiger partial charge in [-0.25, -0.2) is 4.79 Å². The molecule has 1 aliphatic heterocycles. The van der Waals surface area contributed by atoms with Crippen LogP contribution in [0.2, 0.25) is 5.02 Å². The van der Waals surface area contributed by atoms with Crippen LogP contribution in [0.25, 0.3) is 0 Å². The quantitative estimate of drug-likeness (QED) is 0.633. The number of piperidine rings is 1. The third kappa shape index (κ3) is 5.00. The van der Waals surface area contributed by atoms with Crippen LogP contribution in [0.4, 0.5) is 10.5 Å². The van der Waals surface area contributed by atoms with Crippen LogP contribution in [0.5, 0.6) is 0 Å². The maximum absolute atomic E-state index is 11.8. The van der Waals surface area contributed by atoms with Crippen LogP contribution in [0.15, 0.2) is 29.4 Å². The molecule has 1 aromatic carbocycles. The van der Waals surface area contributed by atoms with Gasteiger partial charge < -0.3 is 5.32 Å². The lowest BCUT2D eigenvalue weighted by Crippen LogP contribution is -2.58. The molecule has 0 unspecified atom stereocenters. The average molecular weight is 324 g/mol. The smallest absolute Gasteiger partial charge is 0.306 e. The second kappa shape index (κ2) is 6.26. The van der Waals surface area contributed by atoms with Crippen molar-refractivity contribution in [2.45, 2.75) is 51.6 Å². The van der Waals surface area contributed by atoms with Crippen molar-refractivity contribution in [3.8, 4) is 0 Å². The molecule has 0 aliphatic carbocycles. The maximum atomic E-state index is 11.8. The van der Waals surface area contributed by atoms with Gasteiger partial charge in [-0.2, -0.15) is 0 Å². The second-order valence-corrected chi connectivity index (χ2v) is 7.35. The molecule has 1 aromatic rings. The molecule has 5 nitrogen and oxygen atoms in total. The summed E-state index contributed by atoms with van der Waals surface area (Å²) in [7, 11) is 0. The molecule has 2 N–H and O–H groups in total. The molecule has 0 aromatic heterocycles. The van der Waals surface area contributed by atoms with Gasteiger partial charge in [-0.05, 0) is 52.0 Å². The second-order valence-electron chi connectivity index (χ2n) is 6.91. The number of nitrogens with one attached hydrogen (secondary N) is 2. The summed E-state index contributed by atoms with van der Waals surface area (Å²) in [6.45, 7) is 8.43. The Morgan fingerprint density at radius 1 is 1.18 bits per heavy atom. The first kappa shape index (κ1) is 16.8. The van der Waals surface area contributed by atoms with Crippen LogP contribution in [0.3, 0.4) is 0 Å². The summed E-state index contributed by atoms with van der Waals surface area (Å²) < 4.78 is 0. The number of benzene rings is 1. The number of carbonyl (C=O) groups is 1. The van der Waals surface area contributed by atoms with Crippen molar-refractivity contribution in [2.24, 2.45) is 5.16 Å². The van der Waals surface area contributed by atoms with Crippen molar-refractivity contribution >= 4 is 29.1 Å². The van der Waals surface area contributed by atoms with Crippen molar-refractivity contribution in [2.75, 3.05) is 5.32 Å². The van der Waals surface area contributed by atoms with Gasteiger partial charge in [-0.3, -0.25) is 10.2 Å². The molecule has 0 radical (unpaired) electrons.